The average Bonchev–Trinajstić information content (AvgIpc) is 3.15. The van der Waals surface area contributed by atoms with Crippen LogP contribution in [0.15, 0.2) is 43.0 Å². The lowest BCUT2D eigenvalue weighted by molar-refractivity contribution is 0.265. The fourth-order valence-corrected chi connectivity index (χ4v) is 3.83. The van der Waals surface area contributed by atoms with E-state index in [1.54, 1.807) is 0 Å². The fourth-order valence-electron chi connectivity index (χ4n) is 3.83. The van der Waals surface area contributed by atoms with Crippen molar-refractivity contribution < 1.29 is 0 Å². The molecule has 1 aliphatic rings. The van der Waals surface area contributed by atoms with Gasteiger partial charge in [-0.15, -0.1) is 0 Å². The zero-order valence-electron chi connectivity index (χ0n) is 14.3. The Hall–Kier alpha value is -2.14. The Balaban J connectivity index is 1.40. The van der Waals surface area contributed by atoms with Gasteiger partial charge in [0.2, 0.25) is 0 Å². The first-order chi connectivity index (χ1) is 11.8. The normalized spacial score (nSPS) is 19.6. The molecule has 3 aromatic rings. The Morgan fingerprint density at radius 2 is 2.08 bits per heavy atom. The van der Waals surface area contributed by atoms with Crippen molar-refractivity contribution in [2.45, 2.75) is 32.2 Å². The topological polar surface area (TPSA) is 38.4 Å². The third-order valence-electron chi connectivity index (χ3n) is 5.26. The van der Waals surface area contributed by atoms with E-state index in [4.69, 9.17) is 0 Å². The second-order valence-electron chi connectivity index (χ2n) is 6.90. The summed E-state index contributed by atoms with van der Waals surface area (Å²) in [6.07, 6.45) is 12.9. The molecule has 0 saturated carbocycles. The Labute approximate surface area is 142 Å². The Morgan fingerprint density at radius 1 is 1.12 bits per heavy atom. The van der Waals surface area contributed by atoms with Gasteiger partial charge >= 0.3 is 0 Å². The number of fused-ring (bicyclic) bond motifs is 1. The molecule has 0 aromatic carbocycles. The van der Waals surface area contributed by atoms with E-state index in [0.717, 1.165) is 18.9 Å². The molecule has 1 atom stereocenters. The van der Waals surface area contributed by atoms with Gasteiger partial charge in [-0.2, -0.15) is 5.10 Å². The predicted octanol–water partition coefficient (Wildman–Crippen LogP) is 2.91. The number of aromatic nitrogens is 4. The molecule has 5 heteroatoms. The molecule has 0 spiro atoms. The summed E-state index contributed by atoms with van der Waals surface area (Å²) in [6.45, 7) is 3.36. The molecule has 3 aromatic heterocycles. The third kappa shape index (κ3) is 3.22. The highest BCUT2D eigenvalue weighted by Gasteiger charge is 2.19. The van der Waals surface area contributed by atoms with Crippen molar-refractivity contribution in [3.05, 3.63) is 54.4 Å². The quantitative estimate of drug-likeness (QED) is 0.741. The van der Waals surface area contributed by atoms with Gasteiger partial charge in [0.25, 0.3) is 0 Å². The molecule has 5 nitrogen and oxygen atoms in total. The van der Waals surface area contributed by atoms with Crippen molar-refractivity contribution in [2.75, 3.05) is 13.1 Å². The summed E-state index contributed by atoms with van der Waals surface area (Å²) >= 11 is 0. The van der Waals surface area contributed by atoms with Gasteiger partial charge in [0, 0.05) is 38.4 Å². The number of aryl methyl sites for hydroxylation is 1. The second kappa shape index (κ2) is 6.77. The first-order valence-electron chi connectivity index (χ1n) is 8.89. The maximum absolute atomic E-state index is 4.65. The molecular weight excluding hydrogens is 298 g/mol. The van der Waals surface area contributed by atoms with Crippen LogP contribution >= 0.6 is 0 Å². The number of hydrogen-bond acceptors (Lipinski definition) is 3. The molecule has 1 fully saturated rings. The van der Waals surface area contributed by atoms with Crippen molar-refractivity contribution in [1.82, 2.24) is 24.1 Å². The summed E-state index contributed by atoms with van der Waals surface area (Å²) in [6, 6.07) is 6.40. The van der Waals surface area contributed by atoms with Crippen LogP contribution in [-0.2, 0) is 20.0 Å². The zero-order chi connectivity index (χ0) is 16.4. The van der Waals surface area contributed by atoms with Gasteiger partial charge in [-0.25, -0.2) is 0 Å². The highest BCUT2D eigenvalue weighted by atomic mass is 15.3. The molecule has 24 heavy (non-hydrogen) atoms. The summed E-state index contributed by atoms with van der Waals surface area (Å²) < 4.78 is 4.16. The van der Waals surface area contributed by atoms with Crippen LogP contribution in [0.4, 0.5) is 0 Å². The van der Waals surface area contributed by atoms with Crippen molar-refractivity contribution >= 4 is 5.52 Å². The summed E-state index contributed by atoms with van der Waals surface area (Å²) in [7, 11) is 2.03. The largest absolute Gasteiger partial charge is 0.321 e. The van der Waals surface area contributed by atoms with E-state index < -0.39 is 0 Å². The second-order valence-corrected chi connectivity index (χ2v) is 6.90. The molecule has 126 valence electrons. The number of nitrogens with zero attached hydrogens (tertiary/aromatic N) is 5. The van der Waals surface area contributed by atoms with Gasteiger partial charge < -0.3 is 4.40 Å². The first-order valence-corrected chi connectivity index (χ1v) is 8.89. The van der Waals surface area contributed by atoms with Gasteiger partial charge in [0.15, 0.2) is 0 Å². The van der Waals surface area contributed by atoms with E-state index in [1.807, 2.05) is 30.3 Å². The van der Waals surface area contributed by atoms with Crippen LogP contribution in [0.2, 0.25) is 0 Å². The van der Waals surface area contributed by atoms with Crippen LogP contribution in [-0.4, -0.2) is 37.2 Å². The summed E-state index contributed by atoms with van der Waals surface area (Å²) in [4.78, 5) is 7.22. The minimum absolute atomic E-state index is 0.732. The molecule has 4 heterocycles. The summed E-state index contributed by atoms with van der Waals surface area (Å²) in [5, 5.41) is 4.28. The van der Waals surface area contributed by atoms with Crippen LogP contribution in [0.1, 0.15) is 30.7 Å². The predicted molar refractivity (Wildman–Crippen MR) is 94.7 cm³/mol. The van der Waals surface area contributed by atoms with Gasteiger partial charge in [-0.1, -0.05) is 0 Å². The van der Waals surface area contributed by atoms with Crippen molar-refractivity contribution in [3.8, 4) is 0 Å². The van der Waals surface area contributed by atoms with E-state index in [1.165, 1.54) is 49.3 Å². The van der Waals surface area contributed by atoms with Crippen LogP contribution in [0.3, 0.4) is 0 Å². The van der Waals surface area contributed by atoms with Crippen LogP contribution in [0.5, 0.6) is 0 Å². The van der Waals surface area contributed by atoms with Gasteiger partial charge in [0.1, 0.15) is 0 Å². The lowest BCUT2D eigenvalue weighted by atomic mass is 9.95. The smallest absolute Gasteiger partial charge is 0.0666 e. The molecule has 0 aliphatic carbocycles. The number of likely N-dealkylation sites (tertiary alicyclic amines) is 1. The number of hydrogen-bond donors (Lipinski definition) is 0. The molecule has 4 rings (SSSR count). The molecule has 0 N–H and O–H groups in total. The Bertz CT molecular complexity index is 803. The summed E-state index contributed by atoms with van der Waals surface area (Å²) in [5.41, 5.74) is 3.80. The maximum Gasteiger partial charge on any atom is 0.0666 e. The Kier molecular flexibility index (Phi) is 4.34. The standard InChI is InChI=1S/C19H25N5/c1-22-17(6-8-21-22)15-23-10-2-4-16(7-12-23)14-18-19-5-3-11-24(19)13-9-20-18/h3,5-6,8-9,11,13,16H,2,4,7,10,12,14-15H2,1H3/t16-/m0/s1. The SMILES string of the molecule is Cn1nccc1CN1CCC[C@H](Cc2nccn3cccc23)CC1. The summed E-state index contributed by atoms with van der Waals surface area (Å²) in [5.74, 6) is 0.732. The van der Waals surface area contributed by atoms with Crippen molar-refractivity contribution in [1.29, 1.82) is 0 Å². The maximum atomic E-state index is 4.65. The molecule has 0 unspecified atom stereocenters. The minimum Gasteiger partial charge on any atom is -0.321 e. The first kappa shape index (κ1) is 15.4. The Morgan fingerprint density at radius 3 is 2.96 bits per heavy atom. The molecule has 0 radical (unpaired) electrons. The van der Waals surface area contributed by atoms with Gasteiger partial charge in [-0.05, 0) is 62.9 Å². The van der Waals surface area contributed by atoms with Gasteiger partial charge in [0.05, 0.1) is 16.9 Å². The lowest BCUT2D eigenvalue weighted by Gasteiger charge is -2.20. The zero-order valence-corrected chi connectivity index (χ0v) is 14.3. The van der Waals surface area contributed by atoms with E-state index in [2.05, 4.69) is 43.8 Å². The third-order valence-corrected chi connectivity index (χ3v) is 5.26. The van der Waals surface area contributed by atoms with Crippen LogP contribution in [0, 0.1) is 5.92 Å². The molecule has 0 amide bonds. The molecular formula is C19H25N5. The van der Waals surface area contributed by atoms with Gasteiger partial charge in [-0.3, -0.25) is 14.6 Å². The highest BCUT2D eigenvalue weighted by Crippen LogP contribution is 2.24. The fraction of sp³-hybridized carbons (Fsp3) is 0.474. The monoisotopic (exact) mass is 323 g/mol. The van der Waals surface area contributed by atoms with E-state index in [-0.39, 0.29) is 0 Å². The highest BCUT2D eigenvalue weighted by molar-refractivity contribution is 5.52. The van der Waals surface area contributed by atoms with Crippen molar-refractivity contribution in [2.24, 2.45) is 13.0 Å². The van der Waals surface area contributed by atoms with E-state index in [9.17, 15) is 0 Å². The van der Waals surface area contributed by atoms with Crippen molar-refractivity contribution in [3.63, 3.8) is 0 Å². The van der Waals surface area contributed by atoms with E-state index >= 15 is 0 Å². The number of rotatable bonds is 4. The average molecular weight is 323 g/mol. The van der Waals surface area contributed by atoms with E-state index in [0.29, 0.717) is 0 Å². The molecule has 0 bridgehead atoms. The molecule has 1 saturated heterocycles. The van der Waals surface area contributed by atoms with Crippen LogP contribution < -0.4 is 0 Å². The minimum atomic E-state index is 0.732. The molecule has 1 aliphatic heterocycles. The lowest BCUT2D eigenvalue weighted by Crippen LogP contribution is -2.25. The van der Waals surface area contributed by atoms with Crippen LogP contribution in [0.25, 0.3) is 5.52 Å².